The number of allylic oxidation sites excluding steroid dienone is 1. The molecule has 0 radical (unpaired) electrons. The fourth-order valence-corrected chi connectivity index (χ4v) is 2.13. The van der Waals surface area contributed by atoms with E-state index in [-0.39, 0.29) is 0 Å². The van der Waals surface area contributed by atoms with Gasteiger partial charge in [-0.2, -0.15) is 0 Å². The molecule has 1 saturated heterocycles. The van der Waals surface area contributed by atoms with E-state index in [1.165, 1.54) is 6.42 Å². The monoisotopic (exact) mass is 196 g/mol. The molecule has 2 aliphatic rings. The average molecular weight is 196 g/mol. The Morgan fingerprint density at radius 2 is 2.29 bits per heavy atom. The van der Waals surface area contributed by atoms with Crippen LogP contribution in [-0.4, -0.2) is 23.3 Å². The van der Waals surface area contributed by atoms with Crippen LogP contribution in [0.2, 0.25) is 0 Å². The normalized spacial score (nSPS) is 36.4. The SMILES string of the molecule is C/C(=C\CC1CCC2OC2C1)C(=O)O. The molecular weight excluding hydrogens is 180 g/mol. The summed E-state index contributed by atoms with van der Waals surface area (Å²) in [5, 5.41) is 8.68. The summed E-state index contributed by atoms with van der Waals surface area (Å²) in [6.07, 6.45) is 7.23. The van der Waals surface area contributed by atoms with Crippen LogP contribution in [0.25, 0.3) is 0 Å². The third-order valence-electron chi connectivity index (χ3n) is 3.21. The fraction of sp³-hybridized carbons (Fsp3) is 0.727. The second kappa shape index (κ2) is 3.73. The molecule has 0 aromatic heterocycles. The Balaban J connectivity index is 1.79. The highest BCUT2D eigenvalue weighted by atomic mass is 16.6. The number of ether oxygens (including phenoxy) is 1. The molecule has 3 atom stereocenters. The van der Waals surface area contributed by atoms with Gasteiger partial charge >= 0.3 is 5.97 Å². The number of rotatable bonds is 3. The van der Waals surface area contributed by atoms with Crippen LogP contribution in [-0.2, 0) is 9.53 Å². The van der Waals surface area contributed by atoms with Gasteiger partial charge < -0.3 is 9.84 Å². The topological polar surface area (TPSA) is 49.8 Å². The Morgan fingerprint density at radius 1 is 1.50 bits per heavy atom. The minimum Gasteiger partial charge on any atom is -0.478 e. The van der Waals surface area contributed by atoms with Gasteiger partial charge in [0, 0.05) is 5.57 Å². The zero-order valence-electron chi connectivity index (χ0n) is 8.40. The molecule has 1 N–H and O–H groups in total. The lowest BCUT2D eigenvalue weighted by Gasteiger charge is -2.16. The first-order valence-electron chi connectivity index (χ1n) is 5.22. The van der Waals surface area contributed by atoms with Crippen LogP contribution in [0.4, 0.5) is 0 Å². The summed E-state index contributed by atoms with van der Waals surface area (Å²) < 4.78 is 5.43. The van der Waals surface area contributed by atoms with E-state index in [4.69, 9.17) is 9.84 Å². The lowest BCUT2D eigenvalue weighted by molar-refractivity contribution is -0.132. The van der Waals surface area contributed by atoms with Gasteiger partial charge in [0.15, 0.2) is 0 Å². The predicted molar refractivity (Wildman–Crippen MR) is 52.0 cm³/mol. The molecule has 3 nitrogen and oxygen atoms in total. The summed E-state index contributed by atoms with van der Waals surface area (Å²) in [6, 6.07) is 0. The molecule has 0 spiro atoms. The van der Waals surface area contributed by atoms with E-state index in [0.29, 0.717) is 23.7 Å². The molecule has 0 amide bonds. The molecule has 0 bridgehead atoms. The number of epoxide rings is 1. The van der Waals surface area contributed by atoms with E-state index in [1.54, 1.807) is 6.92 Å². The zero-order valence-corrected chi connectivity index (χ0v) is 8.40. The molecule has 14 heavy (non-hydrogen) atoms. The molecule has 2 fully saturated rings. The second-order valence-corrected chi connectivity index (χ2v) is 4.32. The Morgan fingerprint density at radius 3 is 2.93 bits per heavy atom. The van der Waals surface area contributed by atoms with E-state index in [1.807, 2.05) is 6.08 Å². The van der Waals surface area contributed by atoms with Crippen LogP contribution < -0.4 is 0 Å². The van der Waals surface area contributed by atoms with Crippen molar-refractivity contribution >= 4 is 5.97 Å². The van der Waals surface area contributed by atoms with Gasteiger partial charge in [-0.1, -0.05) is 6.08 Å². The standard InChI is InChI=1S/C11H16O3/c1-7(11(12)13)2-3-8-4-5-9-10(6-8)14-9/h2,8-10H,3-6H2,1H3,(H,12,13)/b7-2+. The molecule has 1 aliphatic heterocycles. The Labute approximate surface area is 83.8 Å². The van der Waals surface area contributed by atoms with E-state index in [9.17, 15) is 4.79 Å². The molecule has 0 aromatic carbocycles. The number of carboxylic acid groups (broad SMARTS) is 1. The van der Waals surface area contributed by atoms with E-state index < -0.39 is 5.97 Å². The van der Waals surface area contributed by atoms with E-state index >= 15 is 0 Å². The van der Waals surface area contributed by atoms with Crippen molar-refractivity contribution in [3.05, 3.63) is 11.6 Å². The van der Waals surface area contributed by atoms with Crippen molar-refractivity contribution in [2.45, 2.75) is 44.8 Å². The van der Waals surface area contributed by atoms with Crippen molar-refractivity contribution < 1.29 is 14.6 Å². The molecule has 3 unspecified atom stereocenters. The van der Waals surface area contributed by atoms with Crippen molar-refractivity contribution in [3.8, 4) is 0 Å². The minimum atomic E-state index is -0.804. The summed E-state index contributed by atoms with van der Waals surface area (Å²) in [5.74, 6) is -0.172. The Hall–Kier alpha value is -0.830. The summed E-state index contributed by atoms with van der Waals surface area (Å²) >= 11 is 0. The molecule has 1 heterocycles. The average Bonchev–Trinajstić information content (AvgIpc) is 2.91. The van der Waals surface area contributed by atoms with Crippen molar-refractivity contribution in [2.24, 2.45) is 5.92 Å². The van der Waals surface area contributed by atoms with E-state index in [2.05, 4.69) is 0 Å². The summed E-state index contributed by atoms with van der Waals surface area (Å²) in [7, 11) is 0. The smallest absolute Gasteiger partial charge is 0.330 e. The van der Waals surface area contributed by atoms with Crippen molar-refractivity contribution in [1.29, 1.82) is 0 Å². The maximum Gasteiger partial charge on any atom is 0.330 e. The highest BCUT2D eigenvalue weighted by Crippen LogP contribution is 2.40. The Kier molecular flexibility index (Phi) is 2.59. The van der Waals surface area contributed by atoms with Gasteiger partial charge in [-0.3, -0.25) is 0 Å². The quantitative estimate of drug-likeness (QED) is 0.554. The molecule has 1 aliphatic carbocycles. The van der Waals surface area contributed by atoms with Crippen LogP contribution in [0.5, 0.6) is 0 Å². The third-order valence-corrected chi connectivity index (χ3v) is 3.21. The van der Waals surface area contributed by atoms with Crippen molar-refractivity contribution in [3.63, 3.8) is 0 Å². The summed E-state index contributed by atoms with van der Waals surface area (Å²) in [6.45, 7) is 1.65. The van der Waals surface area contributed by atoms with Gasteiger partial charge in [0.1, 0.15) is 0 Å². The number of fused-ring (bicyclic) bond motifs is 1. The number of hydrogen-bond acceptors (Lipinski definition) is 2. The summed E-state index contributed by atoms with van der Waals surface area (Å²) in [5.41, 5.74) is 0.462. The number of aliphatic carboxylic acids is 1. The molecule has 78 valence electrons. The molecular formula is C11H16O3. The second-order valence-electron chi connectivity index (χ2n) is 4.32. The number of carboxylic acids is 1. The maximum absolute atomic E-state index is 10.6. The van der Waals surface area contributed by atoms with Crippen LogP contribution in [0.3, 0.4) is 0 Å². The molecule has 2 rings (SSSR count). The minimum absolute atomic E-state index is 0.462. The highest BCUT2D eigenvalue weighted by molar-refractivity contribution is 5.85. The first kappa shape index (κ1) is 9.71. The number of hydrogen-bond donors (Lipinski definition) is 1. The van der Waals surface area contributed by atoms with Gasteiger partial charge in [0.2, 0.25) is 0 Å². The first-order valence-corrected chi connectivity index (χ1v) is 5.22. The van der Waals surface area contributed by atoms with Gasteiger partial charge in [0.05, 0.1) is 12.2 Å². The lowest BCUT2D eigenvalue weighted by atomic mass is 9.86. The number of carbonyl (C=O) groups is 1. The predicted octanol–water partition coefficient (Wildman–Crippen LogP) is 1.97. The molecule has 0 aromatic rings. The van der Waals surface area contributed by atoms with Crippen LogP contribution in [0.15, 0.2) is 11.6 Å². The van der Waals surface area contributed by atoms with E-state index in [0.717, 1.165) is 19.3 Å². The summed E-state index contributed by atoms with van der Waals surface area (Å²) in [4.78, 5) is 10.6. The van der Waals surface area contributed by atoms with Gasteiger partial charge in [0.25, 0.3) is 0 Å². The molecule has 3 heteroatoms. The lowest BCUT2D eigenvalue weighted by Crippen LogP contribution is -2.13. The highest BCUT2D eigenvalue weighted by Gasteiger charge is 2.43. The zero-order chi connectivity index (χ0) is 10.1. The van der Waals surface area contributed by atoms with Crippen molar-refractivity contribution in [1.82, 2.24) is 0 Å². The third kappa shape index (κ3) is 2.15. The van der Waals surface area contributed by atoms with Crippen molar-refractivity contribution in [2.75, 3.05) is 0 Å². The fourth-order valence-electron chi connectivity index (χ4n) is 2.13. The maximum atomic E-state index is 10.6. The Bertz CT molecular complexity index is 270. The van der Waals surface area contributed by atoms with Crippen LogP contribution >= 0.6 is 0 Å². The van der Waals surface area contributed by atoms with Crippen LogP contribution in [0.1, 0.15) is 32.6 Å². The van der Waals surface area contributed by atoms with Crippen LogP contribution in [0, 0.1) is 5.92 Å². The first-order chi connectivity index (χ1) is 6.66. The largest absolute Gasteiger partial charge is 0.478 e. The van der Waals surface area contributed by atoms with Gasteiger partial charge in [-0.05, 0) is 38.5 Å². The van der Waals surface area contributed by atoms with Gasteiger partial charge in [-0.25, -0.2) is 4.79 Å². The van der Waals surface area contributed by atoms with Gasteiger partial charge in [-0.15, -0.1) is 0 Å². The molecule has 1 saturated carbocycles.